The lowest BCUT2D eigenvalue weighted by atomic mass is 9.95. The monoisotopic (exact) mass is 468 g/mol. The maximum Gasteiger partial charge on any atom is 0.281 e. The van der Waals surface area contributed by atoms with Crippen LogP contribution in [0.2, 0.25) is 5.02 Å². The summed E-state index contributed by atoms with van der Waals surface area (Å²) in [6.45, 7) is 1.72. The molecule has 164 valence electrons. The van der Waals surface area contributed by atoms with Gasteiger partial charge in [0.25, 0.3) is 5.56 Å². The Morgan fingerprint density at radius 3 is 2.81 bits per heavy atom. The summed E-state index contributed by atoms with van der Waals surface area (Å²) >= 11 is 7.68. The van der Waals surface area contributed by atoms with Gasteiger partial charge in [0, 0.05) is 24.0 Å². The van der Waals surface area contributed by atoms with Gasteiger partial charge in [-0.3, -0.25) is 9.59 Å². The van der Waals surface area contributed by atoms with Gasteiger partial charge in [-0.05, 0) is 52.9 Å². The average Bonchev–Trinajstić information content (AvgIpc) is 3.44. The highest BCUT2D eigenvalue weighted by Crippen LogP contribution is 2.26. The van der Waals surface area contributed by atoms with Crippen LogP contribution in [0, 0.1) is 0 Å². The summed E-state index contributed by atoms with van der Waals surface area (Å²) in [7, 11) is 0. The van der Waals surface area contributed by atoms with E-state index in [1.54, 1.807) is 16.0 Å². The van der Waals surface area contributed by atoms with Crippen molar-refractivity contribution in [1.29, 1.82) is 0 Å². The van der Waals surface area contributed by atoms with E-state index in [4.69, 9.17) is 16.6 Å². The minimum atomic E-state index is -0.293. The standard InChI is InChI=1S/C22H21ClN6O2S/c23-17-3-1-2-14(10-17)12-29-21-19(26-27-29)22(31)25-20(24-21)16-4-7-28(8-5-16)18(30)11-15-6-9-32-13-15/h1-3,6,9-10,13,16H,4-5,7-8,11-12H2,(H,24,25,31). The number of thiophene rings is 1. The molecule has 10 heteroatoms. The molecule has 0 aliphatic carbocycles. The number of fused-ring (bicyclic) bond motifs is 1. The van der Waals surface area contributed by atoms with Crippen LogP contribution in [0.25, 0.3) is 11.2 Å². The Hall–Kier alpha value is -3.04. The van der Waals surface area contributed by atoms with Gasteiger partial charge in [0.05, 0.1) is 13.0 Å². The predicted molar refractivity (Wildman–Crippen MR) is 123 cm³/mol. The van der Waals surface area contributed by atoms with E-state index in [0.717, 1.165) is 24.0 Å². The van der Waals surface area contributed by atoms with Crippen LogP contribution in [0.5, 0.6) is 0 Å². The van der Waals surface area contributed by atoms with E-state index in [2.05, 4.69) is 15.3 Å². The van der Waals surface area contributed by atoms with Gasteiger partial charge in [0.1, 0.15) is 5.82 Å². The number of benzene rings is 1. The predicted octanol–water partition coefficient (Wildman–Crippen LogP) is 3.23. The van der Waals surface area contributed by atoms with Crippen molar-refractivity contribution in [2.75, 3.05) is 13.1 Å². The summed E-state index contributed by atoms with van der Waals surface area (Å²) < 4.78 is 1.62. The molecule has 1 aliphatic rings. The lowest BCUT2D eigenvalue weighted by Crippen LogP contribution is -2.39. The van der Waals surface area contributed by atoms with Crippen molar-refractivity contribution in [3.05, 3.63) is 73.4 Å². The first kappa shape index (κ1) is 20.8. The van der Waals surface area contributed by atoms with Crippen LogP contribution in [0.3, 0.4) is 0 Å². The van der Waals surface area contributed by atoms with Gasteiger partial charge in [-0.2, -0.15) is 11.3 Å². The number of aromatic nitrogens is 5. The number of piperidine rings is 1. The van der Waals surface area contributed by atoms with Crippen molar-refractivity contribution in [1.82, 2.24) is 29.9 Å². The second kappa shape index (κ2) is 8.84. The van der Waals surface area contributed by atoms with Crippen molar-refractivity contribution >= 4 is 40.0 Å². The molecule has 0 saturated carbocycles. The number of aromatic amines is 1. The van der Waals surface area contributed by atoms with Crippen LogP contribution in [0.15, 0.2) is 45.9 Å². The number of amides is 1. The van der Waals surface area contributed by atoms with E-state index < -0.39 is 0 Å². The molecule has 0 bridgehead atoms. The molecular formula is C22H21ClN6O2S. The summed E-state index contributed by atoms with van der Waals surface area (Å²) in [5.41, 5.74) is 2.39. The molecule has 1 N–H and O–H groups in total. The van der Waals surface area contributed by atoms with E-state index in [1.807, 2.05) is 46.0 Å². The SMILES string of the molecule is O=C(Cc1ccsc1)N1CCC(c2nc3c(nnn3Cc3cccc(Cl)c3)c(=O)[nH]2)CC1. The Labute approximate surface area is 192 Å². The summed E-state index contributed by atoms with van der Waals surface area (Å²) in [4.78, 5) is 34.7. The molecule has 1 fully saturated rings. The molecule has 0 atom stereocenters. The summed E-state index contributed by atoms with van der Waals surface area (Å²) in [5, 5.41) is 12.8. The largest absolute Gasteiger partial charge is 0.342 e. The number of H-pyrrole nitrogens is 1. The van der Waals surface area contributed by atoms with Crippen molar-refractivity contribution in [2.45, 2.75) is 31.7 Å². The fourth-order valence-corrected chi connectivity index (χ4v) is 4.95. The first-order valence-corrected chi connectivity index (χ1v) is 11.8. The summed E-state index contributed by atoms with van der Waals surface area (Å²) in [6.07, 6.45) is 1.93. The molecule has 8 nitrogen and oxygen atoms in total. The molecule has 1 amide bonds. The van der Waals surface area contributed by atoms with Crippen molar-refractivity contribution in [2.24, 2.45) is 0 Å². The zero-order valence-corrected chi connectivity index (χ0v) is 18.8. The van der Waals surface area contributed by atoms with E-state index in [1.165, 1.54) is 0 Å². The minimum absolute atomic E-state index is 0.0758. The third kappa shape index (κ3) is 4.31. The Morgan fingerprint density at radius 1 is 1.22 bits per heavy atom. The normalized spacial score (nSPS) is 14.8. The zero-order valence-electron chi connectivity index (χ0n) is 17.2. The Kier molecular flexibility index (Phi) is 5.75. The number of carbonyl (C=O) groups is 1. The van der Waals surface area contributed by atoms with Crippen molar-refractivity contribution in [3.63, 3.8) is 0 Å². The second-order valence-corrected chi connectivity index (χ2v) is 9.18. The average molecular weight is 469 g/mol. The van der Waals surface area contributed by atoms with E-state index in [-0.39, 0.29) is 22.9 Å². The molecule has 1 saturated heterocycles. The van der Waals surface area contributed by atoms with Crippen LogP contribution in [0.1, 0.15) is 35.7 Å². The lowest BCUT2D eigenvalue weighted by molar-refractivity contribution is -0.131. The molecule has 4 heterocycles. The van der Waals surface area contributed by atoms with Gasteiger partial charge in [-0.15, -0.1) is 5.10 Å². The Balaban J connectivity index is 1.32. The van der Waals surface area contributed by atoms with Gasteiger partial charge in [0.15, 0.2) is 11.2 Å². The highest BCUT2D eigenvalue weighted by molar-refractivity contribution is 7.08. The fourth-order valence-electron chi connectivity index (χ4n) is 4.07. The van der Waals surface area contributed by atoms with E-state index in [0.29, 0.717) is 42.5 Å². The number of hydrogen-bond acceptors (Lipinski definition) is 6. The molecule has 1 aliphatic heterocycles. The van der Waals surface area contributed by atoms with Gasteiger partial charge in [-0.1, -0.05) is 28.9 Å². The van der Waals surface area contributed by atoms with Crippen LogP contribution in [0.4, 0.5) is 0 Å². The van der Waals surface area contributed by atoms with Crippen LogP contribution >= 0.6 is 22.9 Å². The first-order chi connectivity index (χ1) is 15.6. The Morgan fingerprint density at radius 2 is 2.06 bits per heavy atom. The molecule has 0 radical (unpaired) electrons. The number of hydrogen-bond donors (Lipinski definition) is 1. The minimum Gasteiger partial charge on any atom is -0.342 e. The Bertz CT molecular complexity index is 1310. The van der Waals surface area contributed by atoms with Gasteiger partial charge < -0.3 is 9.88 Å². The number of halogens is 1. The molecule has 0 spiro atoms. The highest BCUT2D eigenvalue weighted by Gasteiger charge is 2.26. The number of rotatable bonds is 5. The lowest BCUT2D eigenvalue weighted by Gasteiger charge is -2.31. The maximum absolute atomic E-state index is 12.6. The van der Waals surface area contributed by atoms with Gasteiger partial charge >= 0.3 is 0 Å². The smallest absolute Gasteiger partial charge is 0.281 e. The maximum atomic E-state index is 12.6. The quantitative estimate of drug-likeness (QED) is 0.485. The van der Waals surface area contributed by atoms with Crippen LogP contribution < -0.4 is 5.56 Å². The van der Waals surface area contributed by atoms with E-state index >= 15 is 0 Å². The molecule has 0 unspecified atom stereocenters. The van der Waals surface area contributed by atoms with Gasteiger partial charge in [-0.25, -0.2) is 9.67 Å². The third-order valence-corrected chi connectivity index (χ3v) is 6.75. The van der Waals surface area contributed by atoms with Gasteiger partial charge in [0.2, 0.25) is 5.91 Å². The molecule has 32 heavy (non-hydrogen) atoms. The molecule has 4 aromatic rings. The fraction of sp³-hybridized carbons (Fsp3) is 0.318. The number of likely N-dealkylation sites (tertiary alicyclic amines) is 1. The summed E-state index contributed by atoms with van der Waals surface area (Å²) in [6, 6.07) is 9.46. The van der Waals surface area contributed by atoms with Crippen molar-refractivity contribution in [3.8, 4) is 0 Å². The molecule has 1 aromatic carbocycles. The zero-order chi connectivity index (χ0) is 22.1. The second-order valence-electron chi connectivity index (χ2n) is 7.96. The van der Waals surface area contributed by atoms with Crippen molar-refractivity contribution < 1.29 is 4.79 Å². The first-order valence-electron chi connectivity index (χ1n) is 10.4. The topological polar surface area (TPSA) is 96.8 Å². The van der Waals surface area contributed by atoms with Crippen LogP contribution in [-0.2, 0) is 17.8 Å². The number of nitrogens with one attached hydrogen (secondary N) is 1. The van der Waals surface area contributed by atoms with Crippen LogP contribution in [-0.4, -0.2) is 48.9 Å². The molecule has 5 rings (SSSR count). The molecule has 3 aromatic heterocycles. The summed E-state index contributed by atoms with van der Waals surface area (Å²) in [5.74, 6) is 0.844. The molecular weight excluding hydrogens is 448 g/mol. The highest BCUT2D eigenvalue weighted by atomic mass is 35.5. The number of carbonyl (C=O) groups excluding carboxylic acids is 1. The number of nitrogens with zero attached hydrogens (tertiary/aromatic N) is 5. The van der Waals surface area contributed by atoms with E-state index in [9.17, 15) is 9.59 Å². The third-order valence-electron chi connectivity index (χ3n) is 5.78.